The van der Waals surface area contributed by atoms with E-state index in [1.165, 1.54) is 44.5 Å². The van der Waals surface area contributed by atoms with E-state index in [4.69, 9.17) is 29.9 Å². The first-order chi connectivity index (χ1) is 71.4. The van der Waals surface area contributed by atoms with E-state index in [1.807, 2.05) is 0 Å². The zero-order valence-corrected chi connectivity index (χ0v) is 91.6. The first kappa shape index (κ1) is 98.1. The average molecular weight is 1950 g/mol. The third kappa shape index (κ3) is 15.3. The number of hydrogen-bond donors (Lipinski definition) is 0. The van der Waals surface area contributed by atoms with Crippen molar-refractivity contribution in [3.63, 3.8) is 0 Å². The summed E-state index contributed by atoms with van der Waals surface area (Å²) in [7, 11) is 0. The predicted molar refractivity (Wildman–Crippen MR) is 630 cm³/mol. The molecule has 0 saturated heterocycles. The molecule has 6 nitrogen and oxygen atoms in total. The second-order valence-electron chi connectivity index (χ2n) is 49.6. The highest BCUT2D eigenvalue weighted by Crippen LogP contribution is 2.67. The summed E-state index contributed by atoms with van der Waals surface area (Å²) in [5.74, 6) is 0. The Labute approximate surface area is 889 Å². The highest BCUT2D eigenvalue weighted by molar-refractivity contribution is 5.98. The highest BCUT2D eigenvalue weighted by atomic mass is 14.8. The molecule has 150 heavy (non-hydrogen) atoms. The van der Waals surface area contributed by atoms with Crippen molar-refractivity contribution in [3.8, 4) is 201 Å². The third-order valence-corrected chi connectivity index (χ3v) is 40.4. The van der Waals surface area contributed by atoms with Crippen LogP contribution in [-0.2, 0) is 43.3 Å². The van der Waals surface area contributed by atoms with Crippen LogP contribution in [0.25, 0.3) is 201 Å². The molecule has 0 spiro atoms. The highest BCUT2D eigenvalue weighted by Gasteiger charge is 2.61. The van der Waals surface area contributed by atoms with E-state index >= 15 is 0 Å². The van der Waals surface area contributed by atoms with E-state index < -0.39 is 0 Å². The molecular weight excluding hydrogens is 1810 g/mol. The van der Waals surface area contributed by atoms with Crippen molar-refractivity contribution >= 4 is 0 Å². The Morgan fingerprint density at radius 2 is 0.280 bits per heavy atom. The lowest BCUT2D eigenvalue weighted by molar-refractivity contribution is 0.125. The van der Waals surface area contributed by atoms with Gasteiger partial charge in [-0.15, -0.1) is 0 Å². The maximum atomic E-state index is 5.30. The minimum Gasteiger partial charge on any atom is -0.256 e. The minimum absolute atomic E-state index is 0.0165. The molecule has 0 bridgehead atoms. The Bertz CT molecular complexity index is 7720. The molecule has 0 radical (unpaired) electrons. The smallest absolute Gasteiger partial charge is 0.116 e. The van der Waals surface area contributed by atoms with Gasteiger partial charge in [0.25, 0.3) is 0 Å². The molecule has 5 heterocycles. The molecule has 19 aromatic rings. The largest absolute Gasteiger partial charge is 0.256 e. The van der Waals surface area contributed by atoms with Crippen LogP contribution in [0.1, 0.15) is 211 Å². The molecule has 23 rings (SSSR count). The van der Waals surface area contributed by atoms with E-state index in [1.54, 1.807) is 6.33 Å². The molecular formula is C144H136N6. The number of pyridine rings is 4. The zero-order chi connectivity index (χ0) is 105. The molecule has 0 N–H and O–H groups in total. The molecule has 5 aromatic heterocycles. The van der Waals surface area contributed by atoms with Crippen molar-refractivity contribution in [3.05, 3.63) is 434 Å². The molecule has 0 fully saturated rings. The van der Waals surface area contributed by atoms with Gasteiger partial charge in [-0.05, 0) is 312 Å². The van der Waals surface area contributed by atoms with Crippen LogP contribution in [0.2, 0.25) is 0 Å². The number of fused-ring (bicyclic) bond motifs is 4. The average Bonchev–Trinajstić information content (AvgIpc) is 1.55. The zero-order valence-electron chi connectivity index (χ0n) is 91.6. The Morgan fingerprint density at radius 1 is 0.120 bits per heavy atom. The van der Waals surface area contributed by atoms with E-state index in [9.17, 15) is 0 Å². The summed E-state index contributed by atoms with van der Waals surface area (Å²) in [5, 5.41) is 0. The van der Waals surface area contributed by atoms with Gasteiger partial charge in [-0.3, -0.25) is 19.9 Å². The lowest BCUT2D eigenvalue weighted by Gasteiger charge is -2.44. The summed E-state index contributed by atoms with van der Waals surface area (Å²) in [6, 6.07) is 133. The van der Waals surface area contributed by atoms with Crippen LogP contribution in [0.3, 0.4) is 0 Å². The van der Waals surface area contributed by atoms with Crippen LogP contribution in [0.5, 0.6) is 0 Å². The maximum absolute atomic E-state index is 5.30. The van der Waals surface area contributed by atoms with E-state index in [0.717, 1.165) is 201 Å². The second kappa shape index (κ2) is 35.2. The van der Waals surface area contributed by atoms with Gasteiger partial charge in [-0.25, -0.2) is 9.97 Å². The fourth-order valence-corrected chi connectivity index (χ4v) is 26.2. The monoisotopic (exact) mass is 1950 g/mol. The van der Waals surface area contributed by atoms with Crippen LogP contribution in [0.4, 0.5) is 0 Å². The summed E-state index contributed by atoms with van der Waals surface area (Å²) in [5.41, 5.74) is 49.8. The number of hydrogen-bond acceptors (Lipinski definition) is 6. The second-order valence-corrected chi connectivity index (χ2v) is 49.6. The Hall–Kier alpha value is -15.2. The van der Waals surface area contributed by atoms with Gasteiger partial charge in [-0.1, -0.05) is 433 Å². The SMILES string of the molecule is CC1(C)c2ccc(-c3ccc(-c4ccccc4-c4cc(-c5ccccc5-c5ccc(-c6cc(-c7ccc(-c8ccccc8-c8cc(-c9ccccc9-c9ccc(-c%10ccc%11c(c%10)C(C)(C)C(C)(C)C%11(C)C)nc9)cc(-c9ccccc9-c9ccc(-c%10ccc%11c(c%10)C(C)(C)C(C)(C)C%11(C)C)nc9)c8)cc7)ncn6)cc5)cc(-c5ccccc5-c5ccc(-c6ccc7c(c6)C(C)(C)C(C)(C)C7(C)C)nc5)c4)cn3)cc2C(C)(C)C1(C)C. The summed E-state index contributed by atoms with van der Waals surface area (Å²) in [4.78, 5) is 31.1. The van der Waals surface area contributed by atoms with Gasteiger partial charge in [0.1, 0.15) is 6.33 Å². The molecule has 0 unspecified atom stereocenters. The molecule has 742 valence electrons. The summed E-state index contributed by atoms with van der Waals surface area (Å²) in [6.07, 6.45) is 9.99. The van der Waals surface area contributed by atoms with Crippen LogP contribution in [-0.4, -0.2) is 29.9 Å². The van der Waals surface area contributed by atoms with Crippen molar-refractivity contribution in [2.45, 2.75) is 209 Å². The quantitative estimate of drug-likeness (QED) is 0.0852. The van der Waals surface area contributed by atoms with Crippen LogP contribution >= 0.6 is 0 Å². The Balaban J connectivity index is 0.568. The number of nitrogens with zero attached hydrogens (tertiary/aromatic N) is 6. The topological polar surface area (TPSA) is 77.3 Å². The molecule has 0 atom stereocenters. The Kier molecular flexibility index (Phi) is 23.0. The normalized spacial score (nSPS) is 17.2. The van der Waals surface area contributed by atoms with Crippen LogP contribution in [0, 0.1) is 21.7 Å². The number of rotatable bonds is 18. The fraction of sp³-hybridized carbons (Fsp3) is 0.250. The van der Waals surface area contributed by atoms with Gasteiger partial charge in [0, 0.05) is 80.4 Å². The van der Waals surface area contributed by atoms with Crippen molar-refractivity contribution < 1.29 is 0 Å². The van der Waals surface area contributed by atoms with Crippen molar-refractivity contribution in [2.75, 3.05) is 0 Å². The standard InChI is InChI=1S/C144H136N6/c1-133(2)119-65-57-93(79-123(119)137(9,10)141(133,17)18)127-69-61-97(84-145-127)109-39-27-33-45-115(109)103-73-101(74-104(77-103)116-46-34-28-40-110(116)98-62-70-128(146-85-98)94-58-66-120-124(80-94)138(11,12)142(19,20)134(120,3)4)113-43-31-25-37-107(113)89-49-53-91(54-50-89)131-83-132(150-88-149-131)92-55-51-90(52-56-92)108-38-26-32-44-114(108)102-75-105(117-47-35-29-41-111(117)99-63-71-129(147-86-99)95-59-67-121-125(81-95)139(13,14)143(21,22)135(121,5)6)78-106(76-102)118-48-36-30-42-112(118)100-64-72-130(148-87-100)96-60-68-122-126(82-96)140(15,16)144(23,24)136(122,7)8/h25-88H,1-24H3. The van der Waals surface area contributed by atoms with Gasteiger partial charge >= 0.3 is 0 Å². The van der Waals surface area contributed by atoms with Gasteiger partial charge in [0.2, 0.25) is 0 Å². The van der Waals surface area contributed by atoms with Crippen LogP contribution in [0.15, 0.2) is 389 Å². The number of aromatic nitrogens is 6. The van der Waals surface area contributed by atoms with Gasteiger partial charge in [0.15, 0.2) is 0 Å². The van der Waals surface area contributed by atoms with Crippen molar-refractivity contribution in [2.24, 2.45) is 21.7 Å². The van der Waals surface area contributed by atoms with Gasteiger partial charge in [-0.2, -0.15) is 0 Å². The molecule has 0 aliphatic heterocycles. The molecule has 6 heteroatoms. The first-order valence-electron chi connectivity index (χ1n) is 53.8. The predicted octanol–water partition coefficient (Wildman–Crippen LogP) is 38.4. The van der Waals surface area contributed by atoms with E-state index in [2.05, 4.69) is 549 Å². The minimum atomic E-state index is -0.0284. The molecule has 0 saturated carbocycles. The van der Waals surface area contributed by atoms with Crippen LogP contribution < -0.4 is 0 Å². The number of benzene rings is 14. The van der Waals surface area contributed by atoms with Gasteiger partial charge in [0.05, 0.1) is 34.2 Å². The third-order valence-electron chi connectivity index (χ3n) is 40.4. The molecule has 14 aromatic carbocycles. The lowest BCUT2D eigenvalue weighted by atomic mass is 9.59. The van der Waals surface area contributed by atoms with E-state index in [0.29, 0.717) is 0 Å². The molecule has 4 aliphatic rings. The fourth-order valence-electron chi connectivity index (χ4n) is 26.2. The Morgan fingerprint density at radius 3 is 0.467 bits per heavy atom. The summed E-state index contributed by atoms with van der Waals surface area (Å²) in [6.45, 7) is 57.9. The first-order valence-corrected chi connectivity index (χ1v) is 53.8. The molecule has 0 amide bonds. The van der Waals surface area contributed by atoms with E-state index in [-0.39, 0.29) is 65.0 Å². The molecule has 4 aliphatic carbocycles. The summed E-state index contributed by atoms with van der Waals surface area (Å²) >= 11 is 0. The lowest BCUT2D eigenvalue weighted by Crippen LogP contribution is -2.42. The maximum Gasteiger partial charge on any atom is 0.116 e. The van der Waals surface area contributed by atoms with Crippen molar-refractivity contribution in [1.29, 1.82) is 0 Å². The van der Waals surface area contributed by atoms with Gasteiger partial charge < -0.3 is 0 Å². The summed E-state index contributed by atoms with van der Waals surface area (Å²) < 4.78 is 0. The van der Waals surface area contributed by atoms with Crippen molar-refractivity contribution in [1.82, 2.24) is 29.9 Å².